The molecule has 0 bridgehead atoms. The lowest BCUT2D eigenvalue weighted by atomic mass is 10.1. The Hall–Kier alpha value is -2.93. The molecule has 0 saturated carbocycles. The Morgan fingerprint density at radius 1 is 1.14 bits per heavy atom. The number of aromatic nitrogens is 1. The first-order chi connectivity index (χ1) is 10.2. The van der Waals surface area contributed by atoms with Crippen LogP contribution in [0.3, 0.4) is 0 Å². The van der Waals surface area contributed by atoms with Crippen LogP contribution in [-0.2, 0) is 0 Å². The van der Waals surface area contributed by atoms with Crippen LogP contribution in [0.15, 0.2) is 54.7 Å². The molecule has 0 amide bonds. The number of nitrogens with zero attached hydrogens (tertiary/aromatic N) is 3. The molecule has 2 aromatic carbocycles. The van der Waals surface area contributed by atoms with Gasteiger partial charge in [0.2, 0.25) is 0 Å². The Balaban J connectivity index is 2.25. The topological polar surface area (TPSA) is 39.9 Å². The number of halogens is 1. The van der Waals surface area contributed by atoms with E-state index < -0.39 is 0 Å². The Labute approximate surface area is 121 Å². The number of anilines is 2. The summed E-state index contributed by atoms with van der Waals surface area (Å²) >= 11 is 0. The molecule has 3 nitrogen and oxygen atoms in total. The summed E-state index contributed by atoms with van der Waals surface area (Å²) in [6.45, 7) is 0. The molecule has 0 N–H and O–H groups in total. The summed E-state index contributed by atoms with van der Waals surface area (Å²) in [5, 5.41) is 10.2. The molecule has 0 aliphatic heterocycles. The van der Waals surface area contributed by atoms with Gasteiger partial charge in [0.1, 0.15) is 11.9 Å². The maximum atomic E-state index is 13.4. The number of fused-ring (bicyclic) bond motifs is 1. The van der Waals surface area contributed by atoms with E-state index in [0.717, 1.165) is 16.6 Å². The van der Waals surface area contributed by atoms with E-state index in [1.165, 1.54) is 12.1 Å². The molecule has 1 heterocycles. The fraction of sp³-hybridized carbons (Fsp3) is 0.0588. The lowest BCUT2D eigenvalue weighted by molar-refractivity contribution is 0.628. The molecule has 1 aromatic heterocycles. The minimum Gasteiger partial charge on any atom is -0.343 e. The Kier molecular flexibility index (Phi) is 3.25. The normalized spacial score (nSPS) is 10.3. The van der Waals surface area contributed by atoms with E-state index in [1.54, 1.807) is 18.3 Å². The van der Waals surface area contributed by atoms with Crippen molar-refractivity contribution in [3.8, 4) is 6.07 Å². The van der Waals surface area contributed by atoms with E-state index in [1.807, 2.05) is 36.2 Å². The quantitative estimate of drug-likeness (QED) is 0.710. The largest absolute Gasteiger partial charge is 0.343 e. The predicted octanol–water partition coefficient (Wildman–Crippen LogP) is 4.01. The summed E-state index contributed by atoms with van der Waals surface area (Å²) in [4.78, 5) is 6.09. The first kappa shape index (κ1) is 13.1. The van der Waals surface area contributed by atoms with Gasteiger partial charge in [-0.2, -0.15) is 5.26 Å². The maximum Gasteiger partial charge on any atom is 0.125 e. The van der Waals surface area contributed by atoms with Gasteiger partial charge in [-0.25, -0.2) is 4.39 Å². The van der Waals surface area contributed by atoms with Crippen molar-refractivity contribution >= 4 is 22.3 Å². The van der Waals surface area contributed by atoms with Gasteiger partial charge >= 0.3 is 0 Å². The maximum absolute atomic E-state index is 13.4. The second-order valence-electron chi connectivity index (χ2n) is 4.69. The molecule has 21 heavy (non-hydrogen) atoms. The molecule has 0 unspecified atom stereocenters. The van der Waals surface area contributed by atoms with Gasteiger partial charge in [-0.3, -0.25) is 4.98 Å². The van der Waals surface area contributed by atoms with Gasteiger partial charge in [0.05, 0.1) is 16.8 Å². The van der Waals surface area contributed by atoms with E-state index in [9.17, 15) is 9.65 Å². The molecular formula is C17H12FN3. The van der Waals surface area contributed by atoms with Gasteiger partial charge in [-0.05, 0) is 24.3 Å². The molecule has 0 spiro atoms. The highest BCUT2D eigenvalue weighted by Gasteiger charge is 2.14. The average Bonchev–Trinajstić information content (AvgIpc) is 2.53. The monoisotopic (exact) mass is 277 g/mol. The van der Waals surface area contributed by atoms with Crippen LogP contribution in [-0.4, -0.2) is 12.0 Å². The Morgan fingerprint density at radius 3 is 2.71 bits per heavy atom. The zero-order valence-corrected chi connectivity index (χ0v) is 11.4. The number of hydrogen-bond acceptors (Lipinski definition) is 3. The second kappa shape index (κ2) is 5.22. The van der Waals surface area contributed by atoms with Gasteiger partial charge in [0.25, 0.3) is 0 Å². The van der Waals surface area contributed by atoms with E-state index in [0.29, 0.717) is 11.3 Å². The molecule has 4 heteroatoms. The second-order valence-corrected chi connectivity index (χ2v) is 4.69. The van der Waals surface area contributed by atoms with E-state index >= 15 is 0 Å². The standard InChI is InChI=1S/C17H12FN3/c1-21(14-6-4-5-13(18)9-14)17-12(10-19)11-20-16-8-3-2-7-15(16)17/h2-9,11H,1H3. The van der Waals surface area contributed by atoms with Crippen molar-refractivity contribution < 1.29 is 4.39 Å². The summed E-state index contributed by atoms with van der Waals surface area (Å²) in [5.41, 5.74) is 2.67. The van der Waals surface area contributed by atoms with Gasteiger partial charge in [0.15, 0.2) is 0 Å². The summed E-state index contributed by atoms with van der Waals surface area (Å²) in [6.07, 6.45) is 1.55. The van der Waals surface area contributed by atoms with Gasteiger partial charge in [-0.15, -0.1) is 0 Å². The highest BCUT2D eigenvalue weighted by atomic mass is 19.1. The SMILES string of the molecule is CN(c1cccc(F)c1)c1c(C#N)cnc2ccccc12. The third kappa shape index (κ3) is 2.30. The van der Waals surface area contributed by atoms with Crippen molar-refractivity contribution in [3.05, 3.63) is 66.1 Å². The van der Waals surface area contributed by atoms with E-state index in [4.69, 9.17) is 0 Å². The Morgan fingerprint density at radius 2 is 1.95 bits per heavy atom. The van der Waals surface area contributed by atoms with Crippen molar-refractivity contribution in [1.29, 1.82) is 5.26 Å². The third-order valence-corrected chi connectivity index (χ3v) is 3.40. The molecule has 3 rings (SSSR count). The number of para-hydroxylation sites is 1. The van der Waals surface area contributed by atoms with Crippen LogP contribution < -0.4 is 4.90 Å². The van der Waals surface area contributed by atoms with E-state index in [2.05, 4.69) is 11.1 Å². The van der Waals surface area contributed by atoms with E-state index in [-0.39, 0.29) is 5.82 Å². The molecule has 0 aliphatic carbocycles. The van der Waals surface area contributed by atoms with Crippen molar-refractivity contribution in [1.82, 2.24) is 4.98 Å². The third-order valence-electron chi connectivity index (χ3n) is 3.40. The van der Waals surface area contributed by atoms with Gasteiger partial charge < -0.3 is 4.90 Å². The summed E-state index contributed by atoms with van der Waals surface area (Å²) in [5.74, 6) is -0.309. The number of rotatable bonds is 2. The lowest BCUT2D eigenvalue weighted by Crippen LogP contribution is -2.12. The first-order valence-electron chi connectivity index (χ1n) is 6.48. The minimum atomic E-state index is -0.309. The van der Waals surface area contributed by atoms with Crippen LogP contribution in [0.25, 0.3) is 10.9 Å². The van der Waals surface area contributed by atoms with Crippen LogP contribution in [0.1, 0.15) is 5.56 Å². The van der Waals surface area contributed by atoms with Crippen molar-refractivity contribution in [2.24, 2.45) is 0 Å². The van der Waals surface area contributed by atoms with Gasteiger partial charge in [-0.1, -0.05) is 24.3 Å². The summed E-state index contributed by atoms with van der Waals surface area (Å²) in [6, 6.07) is 16.0. The number of pyridine rings is 1. The molecule has 3 aromatic rings. The number of nitriles is 1. The highest BCUT2D eigenvalue weighted by molar-refractivity contribution is 5.96. The molecule has 0 aliphatic rings. The lowest BCUT2D eigenvalue weighted by Gasteiger charge is -2.22. The number of hydrogen-bond donors (Lipinski definition) is 0. The predicted molar refractivity (Wildman–Crippen MR) is 80.9 cm³/mol. The molecule has 0 saturated heterocycles. The van der Waals surface area contributed by atoms with Crippen molar-refractivity contribution in [2.45, 2.75) is 0 Å². The van der Waals surface area contributed by atoms with Crippen molar-refractivity contribution in [3.63, 3.8) is 0 Å². The molecule has 0 atom stereocenters. The fourth-order valence-corrected chi connectivity index (χ4v) is 2.38. The Bertz CT molecular complexity index is 852. The highest BCUT2D eigenvalue weighted by Crippen LogP contribution is 2.33. The van der Waals surface area contributed by atoms with Crippen LogP contribution in [0.2, 0.25) is 0 Å². The summed E-state index contributed by atoms with van der Waals surface area (Å²) < 4.78 is 13.4. The zero-order chi connectivity index (χ0) is 14.8. The summed E-state index contributed by atoms with van der Waals surface area (Å²) in [7, 11) is 1.82. The minimum absolute atomic E-state index is 0.309. The van der Waals surface area contributed by atoms with Crippen molar-refractivity contribution in [2.75, 3.05) is 11.9 Å². The van der Waals surface area contributed by atoms with Crippen LogP contribution in [0.5, 0.6) is 0 Å². The number of benzene rings is 2. The smallest absolute Gasteiger partial charge is 0.125 e. The van der Waals surface area contributed by atoms with Gasteiger partial charge in [0, 0.05) is 24.3 Å². The molecule has 0 fully saturated rings. The average molecular weight is 277 g/mol. The van der Waals surface area contributed by atoms with Crippen LogP contribution in [0, 0.1) is 17.1 Å². The molecular weight excluding hydrogens is 265 g/mol. The first-order valence-corrected chi connectivity index (χ1v) is 6.48. The van der Waals surface area contributed by atoms with Crippen LogP contribution >= 0.6 is 0 Å². The molecule has 0 radical (unpaired) electrons. The fourth-order valence-electron chi connectivity index (χ4n) is 2.38. The van der Waals surface area contributed by atoms with Crippen LogP contribution in [0.4, 0.5) is 15.8 Å². The zero-order valence-electron chi connectivity index (χ0n) is 11.4. The molecule has 102 valence electrons.